The highest BCUT2D eigenvalue weighted by Gasteiger charge is 2.38. The molecule has 3 rings (SSSR count). The number of carbonyl (C=O) groups is 2. The molecular weight excluding hydrogens is 374 g/mol. The van der Waals surface area contributed by atoms with Crippen molar-refractivity contribution in [1.82, 2.24) is 15.2 Å². The first-order valence-electron chi connectivity index (χ1n) is 9.73. The van der Waals surface area contributed by atoms with Crippen LogP contribution in [0.5, 0.6) is 0 Å². The highest BCUT2D eigenvalue weighted by molar-refractivity contribution is 6.30. The van der Waals surface area contributed by atoms with Crippen LogP contribution in [0.3, 0.4) is 0 Å². The second kappa shape index (κ2) is 8.74. The maximum atomic E-state index is 13.0. The van der Waals surface area contributed by atoms with Gasteiger partial charge in [0.05, 0.1) is 23.7 Å². The van der Waals surface area contributed by atoms with Gasteiger partial charge in [-0.3, -0.25) is 14.6 Å². The monoisotopic (exact) mass is 399 g/mol. The fraction of sp³-hybridized carbons (Fsp3) is 0.409. The molecule has 0 saturated carbocycles. The predicted molar refractivity (Wildman–Crippen MR) is 110 cm³/mol. The van der Waals surface area contributed by atoms with Crippen LogP contribution in [0.4, 0.5) is 0 Å². The summed E-state index contributed by atoms with van der Waals surface area (Å²) in [5.74, 6) is -0.424. The largest absolute Gasteiger partial charge is 0.346 e. The van der Waals surface area contributed by atoms with Crippen LogP contribution < -0.4 is 5.32 Å². The molecule has 148 valence electrons. The van der Waals surface area contributed by atoms with Gasteiger partial charge in [0, 0.05) is 24.2 Å². The molecule has 1 N–H and O–H groups in total. The Morgan fingerprint density at radius 1 is 1.21 bits per heavy atom. The number of hydrogen-bond donors (Lipinski definition) is 1. The summed E-state index contributed by atoms with van der Waals surface area (Å²) in [6.45, 7) is 4.98. The number of nitrogens with one attached hydrogen (secondary N) is 1. The molecule has 28 heavy (non-hydrogen) atoms. The number of carbonyl (C=O) groups excluding carboxylic acids is 2. The van der Waals surface area contributed by atoms with E-state index >= 15 is 0 Å². The molecule has 1 aromatic heterocycles. The molecule has 1 aliphatic rings. The molecule has 0 aliphatic carbocycles. The van der Waals surface area contributed by atoms with Crippen molar-refractivity contribution in [2.75, 3.05) is 6.54 Å². The van der Waals surface area contributed by atoms with Crippen LogP contribution in [0.15, 0.2) is 48.7 Å². The zero-order valence-electron chi connectivity index (χ0n) is 16.3. The van der Waals surface area contributed by atoms with Crippen molar-refractivity contribution in [3.63, 3.8) is 0 Å². The minimum atomic E-state index is -0.459. The zero-order chi connectivity index (χ0) is 20.1. The molecular formula is C22H26ClN3O2. The molecule has 1 unspecified atom stereocenters. The molecule has 1 atom stereocenters. The van der Waals surface area contributed by atoms with Gasteiger partial charge in [0.1, 0.15) is 0 Å². The standard InChI is InChI=1S/C22H26ClN3O2/c1-3-22(4-2,17-8-10-18(23)11-9-17)25-21(28)16-13-20(27)26(14-16)15-19-7-5-6-12-24-19/h5-12,16H,3-4,13-15H2,1-2H3,(H,25,28). The topological polar surface area (TPSA) is 62.3 Å². The summed E-state index contributed by atoms with van der Waals surface area (Å²) >= 11 is 6.02. The minimum Gasteiger partial charge on any atom is -0.346 e. The SMILES string of the molecule is CCC(CC)(NC(=O)C1CC(=O)N(Cc2ccccn2)C1)c1ccc(Cl)cc1. The third-order valence-corrected chi connectivity index (χ3v) is 5.88. The third-order valence-electron chi connectivity index (χ3n) is 5.63. The number of pyridine rings is 1. The maximum Gasteiger partial charge on any atom is 0.226 e. The summed E-state index contributed by atoms with van der Waals surface area (Å²) in [6.07, 6.45) is 3.47. The van der Waals surface area contributed by atoms with Gasteiger partial charge in [-0.1, -0.05) is 43.6 Å². The van der Waals surface area contributed by atoms with Crippen LogP contribution in [-0.2, 0) is 21.7 Å². The van der Waals surface area contributed by atoms with E-state index in [4.69, 9.17) is 11.6 Å². The summed E-state index contributed by atoms with van der Waals surface area (Å²) in [5.41, 5.74) is 1.40. The Hall–Kier alpha value is -2.40. The smallest absolute Gasteiger partial charge is 0.226 e. The highest BCUT2D eigenvalue weighted by atomic mass is 35.5. The van der Waals surface area contributed by atoms with Gasteiger partial charge in [-0.25, -0.2) is 0 Å². The number of likely N-dealkylation sites (tertiary alicyclic amines) is 1. The number of halogens is 1. The number of benzene rings is 1. The first kappa shape index (κ1) is 20.3. The Kier molecular flexibility index (Phi) is 6.35. The van der Waals surface area contributed by atoms with E-state index in [1.54, 1.807) is 11.1 Å². The van der Waals surface area contributed by atoms with E-state index in [1.165, 1.54) is 0 Å². The van der Waals surface area contributed by atoms with E-state index in [9.17, 15) is 9.59 Å². The van der Waals surface area contributed by atoms with E-state index in [1.807, 2.05) is 42.5 Å². The van der Waals surface area contributed by atoms with E-state index in [0.717, 1.165) is 24.1 Å². The number of hydrogen-bond acceptors (Lipinski definition) is 3. The molecule has 2 amide bonds. The van der Waals surface area contributed by atoms with Crippen LogP contribution in [-0.4, -0.2) is 28.2 Å². The van der Waals surface area contributed by atoms with Crippen molar-refractivity contribution in [2.24, 2.45) is 5.92 Å². The molecule has 0 bridgehead atoms. The summed E-state index contributed by atoms with van der Waals surface area (Å²) in [6, 6.07) is 13.2. The third kappa shape index (κ3) is 4.36. The molecule has 0 spiro atoms. The molecule has 1 aliphatic heterocycles. The second-order valence-corrected chi connectivity index (χ2v) is 7.72. The van der Waals surface area contributed by atoms with Crippen LogP contribution in [0, 0.1) is 5.92 Å². The Morgan fingerprint density at radius 3 is 2.54 bits per heavy atom. The van der Waals surface area contributed by atoms with Gasteiger partial charge in [-0.2, -0.15) is 0 Å². The fourth-order valence-corrected chi connectivity index (χ4v) is 3.93. The number of rotatable bonds is 7. The maximum absolute atomic E-state index is 13.0. The van der Waals surface area contributed by atoms with Crippen molar-refractivity contribution in [2.45, 2.75) is 45.2 Å². The normalized spacial score (nSPS) is 17.0. The molecule has 1 aromatic carbocycles. The van der Waals surface area contributed by atoms with Crippen molar-refractivity contribution >= 4 is 23.4 Å². The predicted octanol–water partition coefficient (Wildman–Crippen LogP) is 3.92. The van der Waals surface area contributed by atoms with E-state index < -0.39 is 5.54 Å². The summed E-state index contributed by atoms with van der Waals surface area (Å²) in [7, 11) is 0. The van der Waals surface area contributed by atoms with Crippen molar-refractivity contribution in [3.8, 4) is 0 Å². The Labute approximate surface area is 171 Å². The van der Waals surface area contributed by atoms with Crippen LogP contribution in [0.2, 0.25) is 5.02 Å². The molecule has 6 heteroatoms. The Morgan fingerprint density at radius 2 is 1.93 bits per heavy atom. The average Bonchev–Trinajstić information content (AvgIpc) is 3.08. The van der Waals surface area contributed by atoms with Crippen LogP contribution >= 0.6 is 11.6 Å². The van der Waals surface area contributed by atoms with Gasteiger partial charge in [0.2, 0.25) is 11.8 Å². The fourth-order valence-electron chi connectivity index (χ4n) is 3.80. The van der Waals surface area contributed by atoms with Gasteiger partial charge in [0.25, 0.3) is 0 Å². The highest BCUT2D eigenvalue weighted by Crippen LogP contribution is 2.31. The number of nitrogens with zero attached hydrogens (tertiary/aromatic N) is 2. The van der Waals surface area contributed by atoms with E-state index in [2.05, 4.69) is 24.1 Å². The molecule has 2 aromatic rings. The van der Waals surface area contributed by atoms with E-state index in [-0.39, 0.29) is 24.2 Å². The first-order valence-corrected chi connectivity index (χ1v) is 10.1. The van der Waals surface area contributed by atoms with Gasteiger partial charge in [-0.15, -0.1) is 0 Å². The Balaban J connectivity index is 1.70. The second-order valence-electron chi connectivity index (χ2n) is 7.28. The molecule has 2 heterocycles. The van der Waals surface area contributed by atoms with Crippen LogP contribution in [0.1, 0.15) is 44.4 Å². The van der Waals surface area contributed by atoms with Crippen LogP contribution in [0.25, 0.3) is 0 Å². The summed E-state index contributed by atoms with van der Waals surface area (Å²) in [5, 5.41) is 3.91. The minimum absolute atomic E-state index is 0.00380. The van der Waals surface area contributed by atoms with Gasteiger partial charge >= 0.3 is 0 Å². The Bertz CT molecular complexity index is 819. The van der Waals surface area contributed by atoms with Crippen molar-refractivity contribution in [1.29, 1.82) is 0 Å². The molecule has 1 saturated heterocycles. The average molecular weight is 400 g/mol. The summed E-state index contributed by atoms with van der Waals surface area (Å²) < 4.78 is 0. The van der Waals surface area contributed by atoms with Crippen molar-refractivity contribution < 1.29 is 9.59 Å². The lowest BCUT2D eigenvalue weighted by atomic mass is 9.84. The quantitative estimate of drug-likeness (QED) is 0.767. The van der Waals surface area contributed by atoms with Crippen molar-refractivity contribution in [3.05, 3.63) is 64.9 Å². The molecule has 0 radical (unpaired) electrons. The number of amides is 2. The lowest BCUT2D eigenvalue weighted by Gasteiger charge is -2.34. The van der Waals surface area contributed by atoms with E-state index in [0.29, 0.717) is 18.1 Å². The molecule has 1 fully saturated rings. The van der Waals surface area contributed by atoms with Gasteiger partial charge < -0.3 is 10.2 Å². The lowest BCUT2D eigenvalue weighted by molar-refractivity contribution is -0.130. The van der Waals surface area contributed by atoms with Gasteiger partial charge in [-0.05, 0) is 42.7 Å². The van der Waals surface area contributed by atoms with Gasteiger partial charge in [0.15, 0.2) is 0 Å². The summed E-state index contributed by atoms with van der Waals surface area (Å²) in [4.78, 5) is 31.4. The zero-order valence-corrected chi connectivity index (χ0v) is 17.1. The number of aromatic nitrogens is 1. The first-order chi connectivity index (χ1) is 13.5. The lowest BCUT2D eigenvalue weighted by Crippen LogP contribution is -2.47. The molecule has 5 nitrogen and oxygen atoms in total.